The van der Waals surface area contributed by atoms with Crippen molar-refractivity contribution in [1.29, 1.82) is 5.26 Å². The van der Waals surface area contributed by atoms with E-state index < -0.39 is 44.6 Å². The third kappa shape index (κ3) is 6.40. The summed E-state index contributed by atoms with van der Waals surface area (Å²) in [6.45, 7) is 0. The van der Waals surface area contributed by atoms with Crippen LogP contribution in [-0.4, -0.2) is 27.6 Å². The van der Waals surface area contributed by atoms with Crippen LogP contribution in [0.4, 0.5) is 4.39 Å². The van der Waals surface area contributed by atoms with Crippen molar-refractivity contribution in [1.82, 2.24) is 22.0 Å². The Kier molecular flexibility index (Phi) is 10.0. The predicted octanol–water partition coefficient (Wildman–Crippen LogP) is 2.48. The van der Waals surface area contributed by atoms with Gasteiger partial charge in [-0.15, -0.1) is 11.3 Å². The number of sulfonamides is 1. The third-order valence-electron chi connectivity index (χ3n) is 4.40. The quantitative estimate of drug-likeness (QED) is 0.350. The van der Waals surface area contributed by atoms with Crippen LogP contribution in [0.1, 0.15) is 16.9 Å². The zero-order valence-electron chi connectivity index (χ0n) is 19.0. The minimum absolute atomic E-state index is 0. The Balaban J connectivity index is 0.00000306. The molecule has 1 atom stereocenters. The van der Waals surface area contributed by atoms with Gasteiger partial charge in [0.2, 0.25) is 0 Å². The lowest BCUT2D eigenvalue weighted by molar-refractivity contribution is -0.317. The lowest BCUT2D eigenvalue weighted by Crippen LogP contribution is -2.34. The fourth-order valence-electron chi connectivity index (χ4n) is 2.88. The zero-order chi connectivity index (χ0) is 24.4. The summed E-state index contributed by atoms with van der Waals surface area (Å²) < 4.78 is 63.4. The number of aromatic nitrogens is 1. The maximum absolute atomic E-state index is 14.0. The molecule has 0 saturated carbocycles. The maximum Gasteiger partial charge on any atom is 0.252 e. The van der Waals surface area contributed by atoms with Crippen LogP contribution in [0.15, 0.2) is 46.8 Å². The number of halogens is 1. The number of hydrogen-bond acceptors (Lipinski definition) is 10. The van der Waals surface area contributed by atoms with Gasteiger partial charge in [0.05, 0.1) is 37.3 Å². The molecule has 0 bridgehead atoms. The number of nitrogens with zero attached hydrogens (tertiary/aromatic N) is 2. The van der Waals surface area contributed by atoms with Gasteiger partial charge in [-0.25, -0.2) is 17.8 Å². The topological polar surface area (TPSA) is 237 Å². The van der Waals surface area contributed by atoms with Gasteiger partial charge < -0.3 is 36.1 Å². The number of rotatable bonds is 8. The molecule has 1 heterocycles. The van der Waals surface area contributed by atoms with E-state index in [1.165, 1.54) is 14.2 Å². The highest BCUT2D eigenvalue weighted by atomic mass is 32.2. The van der Waals surface area contributed by atoms with Gasteiger partial charge in [-0.1, -0.05) is 12.1 Å². The van der Waals surface area contributed by atoms with Gasteiger partial charge in [0, 0.05) is 0 Å². The predicted molar refractivity (Wildman–Crippen MR) is 124 cm³/mol. The van der Waals surface area contributed by atoms with Gasteiger partial charge in [0.15, 0.2) is 15.7 Å². The van der Waals surface area contributed by atoms with E-state index >= 15 is 0 Å². The summed E-state index contributed by atoms with van der Waals surface area (Å²) >= 11 is 0.691. The van der Waals surface area contributed by atoms with Crippen LogP contribution in [0.2, 0.25) is 0 Å². The molecule has 0 saturated heterocycles. The van der Waals surface area contributed by atoms with Gasteiger partial charge in [-0.05, 0) is 37.4 Å². The van der Waals surface area contributed by atoms with Gasteiger partial charge in [0.1, 0.15) is 16.9 Å². The Labute approximate surface area is 204 Å². The SMILES string of the molecule is COc1cccc(-c2ncc(S(=O)(=O)NC(c3ccc(C#N)c(F)c3)P(=O)([O-])[O-])s2)c1OC.[NH4+].[NH4+]. The third-order valence-corrected chi connectivity index (χ3v) is 8.54. The molecule has 9 N–H and O–H groups in total. The van der Waals surface area contributed by atoms with Crippen LogP contribution >= 0.6 is 18.9 Å². The molecule has 0 amide bonds. The first kappa shape index (κ1) is 30.1. The van der Waals surface area contributed by atoms with Crippen molar-refractivity contribution in [3.05, 3.63) is 59.5 Å². The minimum atomic E-state index is -5.62. The number of thiazole rings is 1. The molecule has 0 spiro atoms. The van der Waals surface area contributed by atoms with E-state index in [0.717, 1.165) is 18.3 Å². The molecule has 0 fully saturated rings. The Hall–Kier alpha value is -2.93. The number of benzene rings is 2. The second kappa shape index (κ2) is 11.7. The molecule has 3 rings (SSSR count). The van der Waals surface area contributed by atoms with Gasteiger partial charge in [-0.3, -0.25) is 0 Å². The highest BCUT2D eigenvalue weighted by Gasteiger charge is 2.27. The molecular formula is C19H23FN5O7PS2. The largest absolute Gasteiger partial charge is 0.809 e. The summed E-state index contributed by atoms with van der Waals surface area (Å²) in [7, 11) is -7.36. The highest BCUT2D eigenvalue weighted by molar-refractivity contribution is 7.91. The van der Waals surface area contributed by atoms with E-state index in [2.05, 4.69) is 4.98 Å². The van der Waals surface area contributed by atoms with Crippen molar-refractivity contribution in [2.45, 2.75) is 9.99 Å². The molecule has 1 aromatic heterocycles. The van der Waals surface area contributed by atoms with E-state index in [4.69, 9.17) is 14.7 Å². The van der Waals surface area contributed by atoms with Crippen molar-refractivity contribution in [3.63, 3.8) is 0 Å². The number of methoxy groups -OCH3 is 2. The summed E-state index contributed by atoms with van der Waals surface area (Å²) in [5, 5.41) is 9.03. The van der Waals surface area contributed by atoms with E-state index in [9.17, 15) is 27.2 Å². The van der Waals surface area contributed by atoms with Crippen LogP contribution in [0, 0.1) is 17.1 Å². The Morgan fingerprint density at radius 1 is 1.20 bits per heavy atom. The summed E-state index contributed by atoms with van der Waals surface area (Å²) in [5.74, 6) is -2.71. The molecule has 0 aliphatic heterocycles. The van der Waals surface area contributed by atoms with E-state index in [0.29, 0.717) is 34.5 Å². The smallest absolute Gasteiger partial charge is 0.252 e. The second-order valence-corrected chi connectivity index (χ2v) is 11.0. The molecule has 35 heavy (non-hydrogen) atoms. The molecule has 190 valence electrons. The second-order valence-electron chi connectivity index (χ2n) is 6.44. The van der Waals surface area contributed by atoms with Gasteiger partial charge >= 0.3 is 0 Å². The van der Waals surface area contributed by atoms with Crippen LogP contribution in [-0.2, 0) is 14.6 Å². The first-order chi connectivity index (χ1) is 15.5. The summed E-state index contributed by atoms with van der Waals surface area (Å²) in [6.07, 6.45) is 0.984. The van der Waals surface area contributed by atoms with Crippen LogP contribution < -0.4 is 36.3 Å². The molecule has 0 aliphatic rings. The molecule has 2 aromatic carbocycles. The maximum atomic E-state index is 14.0. The highest BCUT2D eigenvalue weighted by Crippen LogP contribution is 2.44. The molecule has 1 unspecified atom stereocenters. The normalized spacial score (nSPS) is 12.0. The Morgan fingerprint density at radius 2 is 1.89 bits per heavy atom. The number of hydrogen-bond donors (Lipinski definition) is 3. The first-order valence-corrected chi connectivity index (χ1v) is 12.8. The van der Waals surface area contributed by atoms with Crippen molar-refractivity contribution in [3.8, 4) is 28.1 Å². The first-order valence-electron chi connectivity index (χ1n) is 8.92. The monoisotopic (exact) mass is 547 g/mol. The number of para-hydroxylation sites is 1. The fraction of sp³-hybridized carbons (Fsp3) is 0.158. The number of nitrogens with one attached hydrogen (secondary N) is 1. The van der Waals surface area contributed by atoms with E-state index in [-0.39, 0.29) is 17.3 Å². The van der Waals surface area contributed by atoms with Crippen LogP contribution in [0.25, 0.3) is 10.6 Å². The summed E-state index contributed by atoms with van der Waals surface area (Å²) in [6, 6.07) is 8.99. The zero-order valence-corrected chi connectivity index (χ0v) is 21.5. The Bertz CT molecular complexity index is 1390. The van der Waals surface area contributed by atoms with E-state index in [1.54, 1.807) is 29.0 Å². The number of quaternary nitrogens is 2. The summed E-state index contributed by atoms with van der Waals surface area (Å²) in [5.41, 5.74) is -0.443. The molecule has 0 aliphatic carbocycles. The van der Waals surface area contributed by atoms with Crippen molar-refractivity contribution >= 4 is 29.0 Å². The van der Waals surface area contributed by atoms with Crippen molar-refractivity contribution in [2.75, 3.05) is 14.2 Å². The fourth-order valence-corrected chi connectivity index (χ4v) is 6.56. The molecule has 3 aromatic rings. The lowest BCUT2D eigenvalue weighted by Gasteiger charge is -2.38. The van der Waals surface area contributed by atoms with Crippen molar-refractivity contribution in [2.24, 2.45) is 0 Å². The standard InChI is InChI=1S/C19H17FN3O7PS2.2H3N/c1-29-15-5-3-4-13(17(15)30-2)19-22-10-16(32-19)33(27,28)23-18(31(24,25)26)11-6-7-12(9-21)14(20)8-11;;/h3-8,10,18,23H,1-2H3,(H2,24,25,26);2*1H3. The van der Waals surface area contributed by atoms with Crippen molar-refractivity contribution < 1.29 is 36.6 Å². The van der Waals surface area contributed by atoms with Crippen LogP contribution in [0.3, 0.4) is 0 Å². The molecule has 0 radical (unpaired) electrons. The lowest BCUT2D eigenvalue weighted by atomic mass is 10.1. The minimum Gasteiger partial charge on any atom is -0.809 e. The number of nitriles is 1. The molecule has 12 nitrogen and oxygen atoms in total. The Morgan fingerprint density at radius 3 is 2.43 bits per heavy atom. The van der Waals surface area contributed by atoms with Gasteiger partial charge in [0.25, 0.3) is 10.0 Å². The average molecular weight is 548 g/mol. The number of ether oxygens (including phenoxy) is 2. The van der Waals surface area contributed by atoms with Gasteiger partial charge in [-0.2, -0.15) is 9.98 Å². The average Bonchev–Trinajstić information content (AvgIpc) is 3.27. The molecular weight excluding hydrogens is 524 g/mol. The van der Waals surface area contributed by atoms with E-state index in [1.807, 2.05) is 0 Å². The van der Waals surface area contributed by atoms with Crippen LogP contribution in [0.5, 0.6) is 11.5 Å². The summed E-state index contributed by atoms with van der Waals surface area (Å²) in [4.78, 5) is 27.7. The molecule has 16 heteroatoms.